The van der Waals surface area contributed by atoms with Crippen LogP contribution in [-0.2, 0) is 34.2 Å². The van der Waals surface area contributed by atoms with E-state index in [2.05, 4.69) is 9.97 Å². The second-order valence-electron chi connectivity index (χ2n) is 7.58. The number of amides is 1. The normalized spacial score (nSPS) is 20.4. The Bertz CT molecular complexity index is 1060. The van der Waals surface area contributed by atoms with Crippen LogP contribution in [0.25, 0.3) is 0 Å². The van der Waals surface area contributed by atoms with E-state index < -0.39 is 10.0 Å². The minimum Gasteiger partial charge on any atom is -0.332 e. The summed E-state index contributed by atoms with van der Waals surface area (Å²) in [5, 5.41) is 1.95. The molecule has 4 rings (SSSR count). The molecule has 0 radical (unpaired) electrons. The van der Waals surface area contributed by atoms with E-state index in [0.29, 0.717) is 36.5 Å². The SMILES string of the molecule is CS(=O)(=O)N1CCc2c(nc(C3CCCCN3C(=O)Cc3cccs3)[nH]c2=O)C1. The summed E-state index contributed by atoms with van der Waals surface area (Å²) in [5.41, 5.74) is 0.812. The molecule has 1 N–H and O–H groups in total. The van der Waals surface area contributed by atoms with Gasteiger partial charge in [0.05, 0.1) is 31.0 Å². The van der Waals surface area contributed by atoms with Crippen LogP contribution in [0.1, 0.15) is 47.3 Å². The van der Waals surface area contributed by atoms with Gasteiger partial charge in [0, 0.05) is 23.5 Å². The Labute approximate surface area is 173 Å². The quantitative estimate of drug-likeness (QED) is 0.781. The van der Waals surface area contributed by atoms with E-state index >= 15 is 0 Å². The zero-order valence-corrected chi connectivity index (χ0v) is 17.9. The predicted octanol–water partition coefficient (Wildman–Crippen LogP) is 1.45. The summed E-state index contributed by atoms with van der Waals surface area (Å²) in [6.45, 7) is 1.01. The van der Waals surface area contributed by atoms with Crippen molar-refractivity contribution in [3.8, 4) is 0 Å². The fourth-order valence-corrected chi connectivity index (χ4v) is 5.53. The Morgan fingerprint density at radius 2 is 2.17 bits per heavy atom. The van der Waals surface area contributed by atoms with Crippen LogP contribution in [-0.4, -0.2) is 52.8 Å². The molecule has 0 spiro atoms. The lowest BCUT2D eigenvalue weighted by Gasteiger charge is -2.35. The average Bonchev–Trinajstić information content (AvgIpc) is 3.20. The second kappa shape index (κ2) is 8.00. The van der Waals surface area contributed by atoms with Gasteiger partial charge in [0.1, 0.15) is 5.82 Å². The zero-order chi connectivity index (χ0) is 20.6. The third kappa shape index (κ3) is 4.29. The smallest absolute Gasteiger partial charge is 0.254 e. The minimum atomic E-state index is -3.35. The molecule has 2 aromatic heterocycles. The van der Waals surface area contributed by atoms with Crippen molar-refractivity contribution in [2.45, 2.75) is 44.7 Å². The molecule has 2 aliphatic heterocycles. The summed E-state index contributed by atoms with van der Waals surface area (Å²) in [4.78, 5) is 35.9. The molecule has 2 aromatic rings. The first-order valence-corrected chi connectivity index (χ1v) is 12.4. The number of likely N-dealkylation sites (tertiary alicyclic amines) is 1. The summed E-state index contributed by atoms with van der Waals surface area (Å²) in [6, 6.07) is 3.58. The highest BCUT2D eigenvalue weighted by Gasteiger charge is 2.32. The number of nitrogens with zero attached hydrogens (tertiary/aromatic N) is 3. The molecule has 29 heavy (non-hydrogen) atoms. The van der Waals surface area contributed by atoms with Crippen molar-refractivity contribution >= 4 is 27.3 Å². The van der Waals surface area contributed by atoms with Crippen LogP contribution in [0.2, 0.25) is 0 Å². The molecule has 8 nitrogen and oxygen atoms in total. The Kier molecular flexibility index (Phi) is 5.58. The number of hydrogen-bond acceptors (Lipinski definition) is 6. The van der Waals surface area contributed by atoms with Gasteiger partial charge in [-0.25, -0.2) is 13.4 Å². The first kappa shape index (κ1) is 20.2. The van der Waals surface area contributed by atoms with Crippen LogP contribution in [0.15, 0.2) is 22.3 Å². The molecule has 1 atom stereocenters. The van der Waals surface area contributed by atoms with Crippen molar-refractivity contribution in [3.05, 3.63) is 49.8 Å². The monoisotopic (exact) mass is 436 g/mol. The number of carbonyl (C=O) groups is 1. The number of piperidine rings is 1. The largest absolute Gasteiger partial charge is 0.332 e. The fourth-order valence-electron chi connectivity index (χ4n) is 4.05. The van der Waals surface area contributed by atoms with Gasteiger partial charge in [0.2, 0.25) is 15.9 Å². The van der Waals surface area contributed by atoms with E-state index in [1.807, 2.05) is 22.4 Å². The molecule has 156 valence electrons. The lowest BCUT2D eigenvalue weighted by molar-refractivity contribution is -0.134. The number of rotatable bonds is 4. The van der Waals surface area contributed by atoms with Crippen molar-refractivity contribution < 1.29 is 13.2 Å². The summed E-state index contributed by atoms with van der Waals surface area (Å²) < 4.78 is 25.2. The molecule has 1 amide bonds. The van der Waals surface area contributed by atoms with Crippen LogP contribution in [0.3, 0.4) is 0 Å². The zero-order valence-electron chi connectivity index (χ0n) is 16.3. The molecule has 1 fully saturated rings. The molecule has 2 aliphatic rings. The van der Waals surface area contributed by atoms with Gasteiger partial charge < -0.3 is 9.88 Å². The highest BCUT2D eigenvalue weighted by molar-refractivity contribution is 7.88. The highest BCUT2D eigenvalue weighted by atomic mass is 32.2. The Morgan fingerprint density at radius 3 is 2.90 bits per heavy atom. The first-order chi connectivity index (χ1) is 13.8. The number of thiophene rings is 1. The molecule has 0 saturated carbocycles. The summed E-state index contributed by atoms with van der Waals surface area (Å²) in [7, 11) is -3.35. The molecule has 4 heterocycles. The van der Waals surface area contributed by atoms with Crippen molar-refractivity contribution in [2.24, 2.45) is 0 Å². The minimum absolute atomic E-state index is 0.0234. The van der Waals surface area contributed by atoms with E-state index in [0.717, 1.165) is 30.4 Å². The molecule has 10 heteroatoms. The van der Waals surface area contributed by atoms with Crippen LogP contribution in [0.5, 0.6) is 0 Å². The van der Waals surface area contributed by atoms with E-state index in [1.54, 1.807) is 11.3 Å². The summed E-state index contributed by atoms with van der Waals surface area (Å²) in [6.07, 6.45) is 4.45. The van der Waals surface area contributed by atoms with Gasteiger partial charge in [-0.15, -0.1) is 11.3 Å². The number of carbonyl (C=O) groups excluding carboxylic acids is 1. The van der Waals surface area contributed by atoms with Crippen molar-refractivity contribution in [1.82, 2.24) is 19.2 Å². The number of aromatic amines is 1. The van der Waals surface area contributed by atoms with Gasteiger partial charge in [-0.2, -0.15) is 4.31 Å². The topological polar surface area (TPSA) is 103 Å². The van der Waals surface area contributed by atoms with E-state index in [4.69, 9.17) is 0 Å². The van der Waals surface area contributed by atoms with E-state index in [-0.39, 0.29) is 30.6 Å². The number of sulfonamides is 1. The van der Waals surface area contributed by atoms with Gasteiger partial charge in [0.15, 0.2) is 0 Å². The van der Waals surface area contributed by atoms with Crippen LogP contribution in [0.4, 0.5) is 0 Å². The number of aromatic nitrogens is 2. The Morgan fingerprint density at radius 1 is 1.34 bits per heavy atom. The Hall–Kier alpha value is -2.04. The van der Waals surface area contributed by atoms with E-state index in [1.165, 1.54) is 4.31 Å². The molecule has 1 saturated heterocycles. The predicted molar refractivity (Wildman–Crippen MR) is 110 cm³/mol. The Balaban J connectivity index is 1.63. The van der Waals surface area contributed by atoms with Gasteiger partial charge in [-0.1, -0.05) is 6.07 Å². The number of nitrogens with one attached hydrogen (secondary N) is 1. The third-order valence-electron chi connectivity index (χ3n) is 5.57. The van der Waals surface area contributed by atoms with Gasteiger partial charge in [0.25, 0.3) is 5.56 Å². The second-order valence-corrected chi connectivity index (χ2v) is 10.6. The maximum atomic E-state index is 12.9. The van der Waals surface area contributed by atoms with Crippen molar-refractivity contribution in [1.29, 1.82) is 0 Å². The van der Waals surface area contributed by atoms with Crippen LogP contribution in [0, 0.1) is 0 Å². The standard InChI is InChI=1S/C19H24N4O4S2/c1-29(26,27)22-9-7-14-15(12-22)20-18(21-19(14)25)16-6-2-3-8-23(16)17(24)11-13-5-4-10-28-13/h4-5,10,16H,2-3,6-9,11-12H2,1H3,(H,20,21,25). The molecular weight excluding hydrogens is 412 g/mol. The molecule has 0 aliphatic carbocycles. The maximum Gasteiger partial charge on any atom is 0.254 e. The van der Waals surface area contributed by atoms with Gasteiger partial charge >= 0.3 is 0 Å². The third-order valence-corrected chi connectivity index (χ3v) is 7.70. The number of fused-ring (bicyclic) bond motifs is 1. The molecular formula is C19H24N4O4S2. The molecule has 0 aromatic carbocycles. The summed E-state index contributed by atoms with van der Waals surface area (Å²) >= 11 is 1.55. The lowest BCUT2D eigenvalue weighted by Crippen LogP contribution is -2.42. The van der Waals surface area contributed by atoms with Crippen molar-refractivity contribution in [2.75, 3.05) is 19.3 Å². The molecule has 0 bridgehead atoms. The van der Waals surface area contributed by atoms with Gasteiger partial charge in [-0.05, 0) is 37.1 Å². The first-order valence-electron chi connectivity index (χ1n) is 9.72. The van der Waals surface area contributed by atoms with Crippen LogP contribution >= 0.6 is 11.3 Å². The lowest BCUT2D eigenvalue weighted by atomic mass is 10.00. The fraction of sp³-hybridized carbons (Fsp3) is 0.526. The summed E-state index contributed by atoms with van der Waals surface area (Å²) in [5.74, 6) is 0.485. The number of H-pyrrole nitrogens is 1. The average molecular weight is 437 g/mol. The maximum absolute atomic E-state index is 12.9. The van der Waals surface area contributed by atoms with Crippen LogP contribution < -0.4 is 5.56 Å². The van der Waals surface area contributed by atoms with Gasteiger partial charge in [-0.3, -0.25) is 9.59 Å². The highest BCUT2D eigenvalue weighted by Crippen LogP contribution is 2.30. The number of hydrogen-bond donors (Lipinski definition) is 1. The van der Waals surface area contributed by atoms with Crippen molar-refractivity contribution in [3.63, 3.8) is 0 Å². The molecule has 1 unspecified atom stereocenters. The van der Waals surface area contributed by atoms with E-state index in [9.17, 15) is 18.0 Å².